The molecule has 0 bridgehead atoms. The van der Waals surface area contributed by atoms with Gasteiger partial charge in [-0.2, -0.15) is 5.26 Å². The van der Waals surface area contributed by atoms with Gasteiger partial charge in [0, 0.05) is 11.8 Å². The number of ether oxygens (including phenoxy) is 2. The van der Waals surface area contributed by atoms with Crippen LogP contribution in [0.2, 0.25) is 0 Å². The summed E-state index contributed by atoms with van der Waals surface area (Å²) in [5.41, 5.74) is 6.48. The Kier molecular flexibility index (Phi) is 6.38. The van der Waals surface area contributed by atoms with Crippen LogP contribution in [0.3, 0.4) is 0 Å². The predicted molar refractivity (Wildman–Crippen MR) is 94.5 cm³/mol. The maximum absolute atomic E-state index is 12.3. The number of nitriles is 1. The van der Waals surface area contributed by atoms with Crippen molar-refractivity contribution in [1.82, 2.24) is 4.98 Å². The van der Waals surface area contributed by atoms with E-state index in [-0.39, 0.29) is 34.2 Å². The van der Waals surface area contributed by atoms with Gasteiger partial charge in [0.1, 0.15) is 27.6 Å². The molecule has 2 aromatic rings. The molecule has 2 heterocycles. The van der Waals surface area contributed by atoms with E-state index in [2.05, 4.69) is 4.98 Å². The standard InChI is InChI=1S/C16H15N3O4S2/c1-3-22-16(21)12-11(10(7-17)13(18)25-12)8-23-15(20)9-5-4-6-19-14(9)24-2/h4-6H,3,8,18H2,1-2H3. The van der Waals surface area contributed by atoms with E-state index in [9.17, 15) is 14.9 Å². The molecule has 0 unspecified atom stereocenters. The third-order valence-electron chi connectivity index (χ3n) is 3.14. The zero-order valence-electron chi connectivity index (χ0n) is 13.6. The van der Waals surface area contributed by atoms with Crippen molar-refractivity contribution in [3.63, 3.8) is 0 Å². The number of hydrogen-bond acceptors (Lipinski definition) is 9. The fourth-order valence-corrected chi connectivity index (χ4v) is 3.49. The molecule has 7 nitrogen and oxygen atoms in total. The predicted octanol–water partition coefficient (Wildman–Crippen LogP) is 2.85. The summed E-state index contributed by atoms with van der Waals surface area (Å²) in [4.78, 5) is 28.6. The van der Waals surface area contributed by atoms with E-state index < -0.39 is 11.9 Å². The van der Waals surface area contributed by atoms with Crippen LogP contribution in [0.25, 0.3) is 0 Å². The molecule has 2 rings (SSSR count). The van der Waals surface area contributed by atoms with Crippen LogP contribution in [0, 0.1) is 11.3 Å². The molecule has 0 aromatic carbocycles. The van der Waals surface area contributed by atoms with Crippen LogP contribution in [0.15, 0.2) is 23.4 Å². The molecule has 2 aromatic heterocycles. The maximum Gasteiger partial charge on any atom is 0.348 e. The van der Waals surface area contributed by atoms with Crippen molar-refractivity contribution < 1.29 is 19.1 Å². The highest BCUT2D eigenvalue weighted by Gasteiger charge is 2.24. The molecule has 9 heteroatoms. The van der Waals surface area contributed by atoms with E-state index in [4.69, 9.17) is 15.2 Å². The molecule has 0 fully saturated rings. The molecule has 0 spiro atoms. The lowest BCUT2D eigenvalue weighted by Gasteiger charge is -2.08. The number of carbonyl (C=O) groups is 2. The van der Waals surface area contributed by atoms with Crippen LogP contribution in [0.4, 0.5) is 5.00 Å². The Morgan fingerprint density at radius 3 is 2.80 bits per heavy atom. The molecule has 0 amide bonds. The third kappa shape index (κ3) is 4.10. The topological polar surface area (TPSA) is 115 Å². The summed E-state index contributed by atoms with van der Waals surface area (Å²) < 4.78 is 10.2. The molecule has 130 valence electrons. The normalized spacial score (nSPS) is 10.1. The monoisotopic (exact) mass is 377 g/mol. The summed E-state index contributed by atoms with van der Waals surface area (Å²) in [6.07, 6.45) is 3.38. The molecule has 25 heavy (non-hydrogen) atoms. The van der Waals surface area contributed by atoms with Gasteiger partial charge in [0.25, 0.3) is 0 Å². The van der Waals surface area contributed by atoms with Gasteiger partial charge in [-0.05, 0) is 25.3 Å². The highest BCUT2D eigenvalue weighted by atomic mass is 32.2. The van der Waals surface area contributed by atoms with Crippen molar-refractivity contribution in [2.24, 2.45) is 0 Å². The van der Waals surface area contributed by atoms with Gasteiger partial charge in [0.2, 0.25) is 0 Å². The molecule has 0 atom stereocenters. The first kappa shape index (κ1) is 18.8. The van der Waals surface area contributed by atoms with Crippen LogP contribution >= 0.6 is 23.1 Å². The largest absolute Gasteiger partial charge is 0.462 e. The number of pyridine rings is 1. The van der Waals surface area contributed by atoms with Gasteiger partial charge in [-0.3, -0.25) is 0 Å². The summed E-state index contributed by atoms with van der Waals surface area (Å²) in [6.45, 7) is 1.60. The summed E-state index contributed by atoms with van der Waals surface area (Å²) in [5, 5.41) is 9.97. The SMILES string of the molecule is CCOC(=O)c1sc(N)c(C#N)c1COC(=O)c1cccnc1SC. The van der Waals surface area contributed by atoms with Gasteiger partial charge in [-0.25, -0.2) is 14.6 Å². The lowest BCUT2D eigenvalue weighted by molar-refractivity contribution is 0.0448. The minimum Gasteiger partial charge on any atom is -0.462 e. The van der Waals surface area contributed by atoms with Crippen LogP contribution in [-0.2, 0) is 16.1 Å². The summed E-state index contributed by atoms with van der Waals surface area (Å²) in [6, 6.07) is 5.16. The van der Waals surface area contributed by atoms with Gasteiger partial charge in [0.05, 0.1) is 17.7 Å². The summed E-state index contributed by atoms with van der Waals surface area (Å²) in [7, 11) is 0. The number of nitrogen functional groups attached to an aromatic ring is 1. The minimum atomic E-state index is -0.599. The van der Waals surface area contributed by atoms with E-state index in [0.29, 0.717) is 10.6 Å². The summed E-state index contributed by atoms with van der Waals surface area (Å²) >= 11 is 2.26. The second kappa shape index (κ2) is 8.50. The average Bonchev–Trinajstić information content (AvgIpc) is 2.95. The van der Waals surface area contributed by atoms with Crippen LogP contribution in [0.5, 0.6) is 0 Å². The smallest absolute Gasteiger partial charge is 0.348 e. The highest BCUT2D eigenvalue weighted by Crippen LogP contribution is 2.32. The molecule has 0 aliphatic carbocycles. The Morgan fingerprint density at radius 2 is 2.16 bits per heavy atom. The fraction of sp³-hybridized carbons (Fsp3) is 0.250. The number of aromatic nitrogens is 1. The van der Waals surface area contributed by atoms with E-state index in [0.717, 1.165) is 11.3 Å². The number of rotatable bonds is 6. The van der Waals surface area contributed by atoms with Crippen molar-refractivity contribution in [3.8, 4) is 6.07 Å². The first-order chi connectivity index (χ1) is 12.0. The number of nitrogens with zero attached hydrogens (tertiary/aromatic N) is 2. The van der Waals surface area contributed by atoms with Gasteiger partial charge in [-0.15, -0.1) is 23.1 Å². The number of nitrogens with two attached hydrogens (primary N) is 1. The lowest BCUT2D eigenvalue weighted by atomic mass is 10.1. The second-order valence-electron chi connectivity index (χ2n) is 4.62. The quantitative estimate of drug-likeness (QED) is 0.603. The van der Waals surface area contributed by atoms with Gasteiger partial charge >= 0.3 is 11.9 Å². The summed E-state index contributed by atoms with van der Waals surface area (Å²) in [5.74, 6) is -1.20. The number of anilines is 1. The Hall–Kier alpha value is -2.57. The molecular weight excluding hydrogens is 362 g/mol. The van der Waals surface area contributed by atoms with E-state index in [1.54, 1.807) is 31.5 Å². The van der Waals surface area contributed by atoms with Crippen molar-refractivity contribution in [1.29, 1.82) is 5.26 Å². The fourth-order valence-electron chi connectivity index (χ4n) is 2.03. The molecule has 0 saturated heterocycles. The molecule has 0 aliphatic rings. The lowest BCUT2D eigenvalue weighted by Crippen LogP contribution is -2.11. The minimum absolute atomic E-state index is 0.122. The Labute approximate surface area is 152 Å². The number of carbonyl (C=O) groups excluding carboxylic acids is 2. The van der Waals surface area contributed by atoms with Crippen LogP contribution < -0.4 is 5.73 Å². The molecular formula is C16H15N3O4S2. The van der Waals surface area contributed by atoms with Crippen LogP contribution in [-0.4, -0.2) is 29.8 Å². The molecule has 0 saturated carbocycles. The van der Waals surface area contributed by atoms with Crippen molar-refractivity contribution in [3.05, 3.63) is 39.9 Å². The van der Waals surface area contributed by atoms with Gasteiger partial charge in [-0.1, -0.05) is 0 Å². The zero-order valence-corrected chi connectivity index (χ0v) is 15.2. The number of thiophene rings is 1. The Morgan fingerprint density at radius 1 is 1.40 bits per heavy atom. The maximum atomic E-state index is 12.3. The molecule has 0 aliphatic heterocycles. The van der Waals surface area contributed by atoms with E-state index in [1.807, 2.05) is 6.07 Å². The zero-order chi connectivity index (χ0) is 18.4. The van der Waals surface area contributed by atoms with Crippen molar-refractivity contribution in [2.45, 2.75) is 18.6 Å². The highest BCUT2D eigenvalue weighted by molar-refractivity contribution is 7.98. The van der Waals surface area contributed by atoms with Gasteiger partial charge in [0.15, 0.2) is 0 Å². The Bertz CT molecular complexity index is 842. The molecule has 0 radical (unpaired) electrons. The van der Waals surface area contributed by atoms with E-state index in [1.165, 1.54) is 11.8 Å². The van der Waals surface area contributed by atoms with E-state index >= 15 is 0 Å². The third-order valence-corrected chi connectivity index (χ3v) is 4.89. The van der Waals surface area contributed by atoms with Crippen molar-refractivity contribution >= 4 is 40.0 Å². The van der Waals surface area contributed by atoms with Gasteiger partial charge < -0.3 is 15.2 Å². The Balaban J connectivity index is 2.26. The molecule has 2 N–H and O–H groups in total. The number of hydrogen-bond donors (Lipinski definition) is 1. The average molecular weight is 377 g/mol. The number of esters is 2. The first-order valence-electron chi connectivity index (χ1n) is 7.17. The van der Waals surface area contributed by atoms with Crippen LogP contribution in [0.1, 0.15) is 38.1 Å². The number of thioether (sulfide) groups is 1. The first-order valence-corrected chi connectivity index (χ1v) is 9.22. The van der Waals surface area contributed by atoms with Crippen molar-refractivity contribution in [2.75, 3.05) is 18.6 Å². The second-order valence-corrected chi connectivity index (χ2v) is 6.46.